The summed E-state index contributed by atoms with van der Waals surface area (Å²) in [6.45, 7) is 3.94. The Labute approximate surface area is 122 Å². The minimum Gasteiger partial charge on any atom is -0.388 e. The van der Waals surface area contributed by atoms with Gasteiger partial charge in [-0.3, -0.25) is 10.1 Å². The highest BCUT2D eigenvalue weighted by atomic mass is 32.1. The molecule has 0 amide bonds. The van der Waals surface area contributed by atoms with Crippen molar-refractivity contribution in [2.24, 2.45) is 5.92 Å². The maximum atomic E-state index is 11.1. The van der Waals surface area contributed by atoms with Crippen LogP contribution in [0, 0.1) is 16.0 Å². The second kappa shape index (κ2) is 6.51. The highest BCUT2D eigenvalue weighted by Gasteiger charge is 2.25. The standard InChI is InChI=1S/C13H20N2O4S/c1-9(16)12-7-11(15(17)18)13(20-12)14(2)8-10-3-5-19-6-4-10/h7,9-10,16H,3-6,8H2,1-2H3/t9-/m1/s1. The summed E-state index contributed by atoms with van der Waals surface area (Å²) in [4.78, 5) is 13.3. The topological polar surface area (TPSA) is 75.8 Å². The average molecular weight is 300 g/mol. The quantitative estimate of drug-likeness (QED) is 0.668. The van der Waals surface area contributed by atoms with Gasteiger partial charge in [-0.15, -0.1) is 11.3 Å². The van der Waals surface area contributed by atoms with Crippen molar-refractivity contribution in [1.29, 1.82) is 0 Å². The first-order chi connectivity index (χ1) is 9.49. The Hall–Kier alpha value is -1.18. The molecule has 1 aromatic heterocycles. The fourth-order valence-corrected chi connectivity index (χ4v) is 3.43. The maximum Gasteiger partial charge on any atom is 0.304 e. The number of anilines is 1. The van der Waals surface area contributed by atoms with Crippen LogP contribution < -0.4 is 4.90 Å². The third-order valence-corrected chi connectivity index (χ3v) is 4.95. The Balaban J connectivity index is 2.14. The van der Waals surface area contributed by atoms with Gasteiger partial charge in [-0.1, -0.05) is 0 Å². The number of aliphatic hydroxyl groups excluding tert-OH is 1. The lowest BCUT2D eigenvalue weighted by atomic mass is 10.00. The van der Waals surface area contributed by atoms with Crippen molar-refractivity contribution in [2.45, 2.75) is 25.9 Å². The Kier molecular flexibility index (Phi) is 4.95. The molecule has 6 nitrogen and oxygen atoms in total. The van der Waals surface area contributed by atoms with Crippen molar-refractivity contribution in [1.82, 2.24) is 0 Å². The molecule has 2 rings (SSSR count). The molecular formula is C13H20N2O4S. The van der Waals surface area contributed by atoms with E-state index in [0.29, 0.717) is 15.8 Å². The molecule has 1 fully saturated rings. The maximum absolute atomic E-state index is 11.1. The van der Waals surface area contributed by atoms with Gasteiger partial charge in [0.15, 0.2) is 5.00 Å². The molecule has 0 radical (unpaired) electrons. The van der Waals surface area contributed by atoms with E-state index in [-0.39, 0.29) is 10.6 Å². The minimum atomic E-state index is -0.677. The van der Waals surface area contributed by atoms with Gasteiger partial charge in [0.2, 0.25) is 0 Å². The largest absolute Gasteiger partial charge is 0.388 e. The zero-order valence-electron chi connectivity index (χ0n) is 11.7. The van der Waals surface area contributed by atoms with E-state index < -0.39 is 6.10 Å². The fourth-order valence-electron chi connectivity index (χ4n) is 2.40. The summed E-state index contributed by atoms with van der Waals surface area (Å²) in [7, 11) is 1.88. The molecule has 1 N–H and O–H groups in total. The normalized spacial score (nSPS) is 17.9. The zero-order valence-corrected chi connectivity index (χ0v) is 12.6. The van der Waals surface area contributed by atoms with Crippen LogP contribution in [0.4, 0.5) is 10.7 Å². The summed E-state index contributed by atoms with van der Waals surface area (Å²) < 4.78 is 5.33. The van der Waals surface area contributed by atoms with Crippen LogP contribution in [0.1, 0.15) is 30.7 Å². The van der Waals surface area contributed by atoms with Crippen LogP contribution in [0.25, 0.3) is 0 Å². The van der Waals surface area contributed by atoms with Crippen molar-refractivity contribution < 1.29 is 14.8 Å². The Morgan fingerprint density at radius 2 is 2.25 bits per heavy atom. The van der Waals surface area contributed by atoms with E-state index in [1.54, 1.807) is 6.92 Å². The number of hydrogen-bond donors (Lipinski definition) is 1. The lowest BCUT2D eigenvalue weighted by Crippen LogP contribution is -2.29. The molecule has 1 aliphatic rings. The van der Waals surface area contributed by atoms with E-state index in [9.17, 15) is 15.2 Å². The molecule has 2 heterocycles. The summed E-state index contributed by atoms with van der Waals surface area (Å²) in [6.07, 6.45) is 1.31. The van der Waals surface area contributed by atoms with Gasteiger partial charge in [-0.05, 0) is 25.7 Å². The van der Waals surface area contributed by atoms with Crippen LogP contribution in [-0.4, -0.2) is 36.8 Å². The van der Waals surface area contributed by atoms with E-state index in [0.717, 1.165) is 32.6 Å². The molecule has 112 valence electrons. The molecule has 0 aliphatic carbocycles. The number of ether oxygens (including phenoxy) is 1. The van der Waals surface area contributed by atoms with Crippen LogP contribution in [0.3, 0.4) is 0 Å². The van der Waals surface area contributed by atoms with Crippen molar-refractivity contribution >= 4 is 22.0 Å². The smallest absolute Gasteiger partial charge is 0.304 e. The van der Waals surface area contributed by atoms with Crippen molar-refractivity contribution in [3.63, 3.8) is 0 Å². The second-order valence-electron chi connectivity index (χ2n) is 5.21. The predicted molar refractivity (Wildman–Crippen MR) is 78.4 cm³/mol. The van der Waals surface area contributed by atoms with E-state index in [1.165, 1.54) is 17.4 Å². The Morgan fingerprint density at radius 3 is 2.80 bits per heavy atom. The molecule has 0 aromatic carbocycles. The number of rotatable bonds is 5. The van der Waals surface area contributed by atoms with Crippen LogP contribution in [0.15, 0.2) is 6.07 Å². The fraction of sp³-hybridized carbons (Fsp3) is 0.692. The summed E-state index contributed by atoms with van der Waals surface area (Å²) in [5.41, 5.74) is 0.0838. The van der Waals surface area contributed by atoms with Gasteiger partial charge >= 0.3 is 5.69 Å². The van der Waals surface area contributed by atoms with Gasteiger partial charge in [-0.2, -0.15) is 0 Å². The number of nitro groups is 1. The Morgan fingerprint density at radius 1 is 1.60 bits per heavy atom. The number of nitrogens with zero attached hydrogens (tertiary/aromatic N) is 2. The highest BCUT2D eigenvalue weighted by molar-refractivity contribution is 7.16. The molecule has 1 aromatic rings. The number of hydrogen-bond acceptors (Lipinski definition) is 6. The van der Waals surface area contributed by atoms with Crippen LogP contribution in [0.5, 0.6) is 0 Å². The second-order valence-corrected chi connectivity index (χ2v) is 6.27. The third kappa shape index (κ3) is 3.47. The van der Waals surface area contributed by atoms with Gasteiger partial charge < -0.3 is 14.7 Å². The molecule has 1 aliphatic heterocycles. The molecule has 7 heteroatoms. The monoisotopic (exact) mass is 300 g/mol. The van der Waals surface area contributed by atoms with Gasteiger partial charge in [0.25, 0.3) is 0 Å². The highest BCUT2D eigenvalue weighted by Crippen LogP contribution is 2.40. The van der Waals surface area contributed by atoms with E-state index >= 15 is 0 Å². The molecule has 1 atom stereocenters. The van der Waals surface area contributed by atoms with Crippen LogP contribution >= 0.6 is 11.3 Å². The van der Waals surface area contributed by atoms with E-state index in [2.05, 4.69) is 0 Å². The molecule has 1 saturated heterocycles. The average Bonchev–Trinajstić information content (AvgIpc) is 2.85. The number of aliphatic hydroxyl groups is 1. The van der Waals surface area contributed by atoms with E-state index in [4.69, 9.17) is 4.74 Å². The van der Waals surface area contributed by atoms with Gasteiger partial charge in [0.05, 0.1) is 11.0 Å². The first-order valence-electron chi connectivity index (χ1n) is 6.74. The third-order valence-electron chi connectivity index (χ3n) is 3.54. The van der Waals surface area contributed by atoms with Gasteiger partial charge in [0.1, 0.15) is 0 Å². The van der Waals surface area contributed by atoms with Crippen molar-refractivity contribution in [2.75, 3.05) is 31.7 Å². The molecule has 0 bridgehead atoms. The minimum absolute atomic E-state index is 0.0838. The molecule has 0 unspecified atom stereocenters. The van der Waals surface area contributed by atoms with E-state index in [1.807, 2.05) is 11.9 Å². The summed E-state index contributed by atoms with van der Waals surface area (Å²) in [5, 5.41) is 21.4. The lowest BCUT2D eigenvalue weighted by Gasteiger charge is -2.27. The SMILES string of the molecule is C[C@@H](O)c1cc([N+](=O)[O-])c(N(C)CC2CCOCC2)s1. The summed E-state index contributed by atoms with van der Waals surface area (Å²) in [5.74, 6) is 0.505. The summed E-state index contributed by atoms with van der Waals surface area (Å²) in [6, 6.07) is 1.48. The van der Waals surface area contributed by atoms with Crippen molar-refractivity contribution in [3.05, 3.63) is 21.1 Å². The lowest BCUT2D eigenvalue weighted by molar-refractivity contribution is -0.383. The predicted octanol–water partition coefficient (Wildman–Crippen LogP) is 2.57. The summed E-state index contributed by atoms with van der Waals surface area (Å²) >= 11 is 1.30. The number of thiophene rings is 1. The van der Waals surface area contributed by atoms with Gasteiger partial charge in [0, 0.05) is 37.7 Å². The van der Waals surface area contributed by atoms with Gasteiger partial charge in [-0.25, -0.2) is 0 Å². The molecule has 0 spiro atoms. The molecule has 0 saturated carbocycles. The molecular weight excluding hydrogens is 280 g/mol. The first-order valence-corrected chi connectivity index (χ1v) is 7.55. The zero-order chi connectivity index (χ0) is 14.7. The molecule has 20 heavy (non-hydrogen) atoms. The first kappa shape index (κ1) is 15.2. The van der Waals surface area contributed by atoms with Crippen LogP contribution in [0.2, 0.25) is 0 Å². The van der Waals surface area contributed by atoms with Crippen LogP contribution in [-0.2, 0) is 4.74 Å². The Bertz CT molecular complexity index is 469. The van der Waals surface area contributed by atoms with Crippen molar-refractivity contribution in [3.8, 4) is 0 Å².